The molecule has 1 aliphatic carbocycles. The van der Waals surface area contributed by atoms with Gasteiger partial charge in [-0.3, -0.25) is 9.36 Å². The van der Waals surface area contributed by atoms with E-state index in [2.05, 4.69) is 6.92 Å². The summed E-state index contributed by atoms with van der Waals surface area (Å²) in [4.78, 5) is 12.5. The lowest BCUT2D eigenvalue weighted by atomic mass is 9.88. The van der Waals surface area contributed by atoms with E-state index in [9.17, 15) is 9.90 Å². The Bertz CT molecular complexity index is 558. The van der Waals surface area contributed by atoms with Gasteiger partial charge in [0.05, 0.1) is 5.56 Å². The highest BCUT2D eigenvalue weighted by Gasteiger charge is 2.24. The first-order valence-electron chi connectivity index (χ1n) is 7.11. The molecule has 1 aromatic rings. The predicted molar refractivity (Wildman–Crippen MR) is 76.4 cm³/mol. The number of fused-ring (bicyclic) bond motifs is 1. The van der Waals surface area contributed by atoms with Crippen LogP contribution in [-0.4, -0.2) is 15.4 Å². The molecule has 0 bridgehead atoms. The van der Waals surface area contributed by atoms with Gasteiger partial charge in [-0.1, -0.05) is 13.3 Å². The molecule has 19 heavy (non-hydrogen) atoms. The number of unbranched alkanes of at least 4 members (excludes halogenated alkanes) is 1. The van der Waals surface area contributed by atoms with Crippen LogP contribution in [0.3, 0.4) is 0 Å². The first-order chi connectivity index (χ1) is 9.07. The van der Waals surface area contributed by atoms with Gasteiger partial charge in [-0.05, 0) is 44.6 Å². The van der Waals surface area contributed by atoms with Gasteiger partial charge < -0.3 is 10.5 Å². The summed E-state index contributed by atoms with van der Waals surface area (Å²) in [7, 11) is 0. The second-order valence-corrected chi connectivity index (χ2v) is 5.30. The second kappa shape index (κ2) is 5.59. The molecule has 1 aromatic heterocycles. The maximum atomic E-state index is 12.5. The van der Waals surface area contributed by atoms with Gasteiger partial charge in [0.25, 0.3) is 5.56 Å². The fraction of sp³-hybridized carbons (Fsp3) is 0.600. The van der Waals surface area contributed by atoms with Gasteiger partial charge in [-0.25, -0.2) is 0 Å². The molecule has 0 spiro atoms. The van der Waals surface area contributed by atoms with Crippen LogP contribution in [0.15, 0.2) is 4.79 Å². The van der Waals surface area contributed by atoms with Crippen LogP contribution in [0.1, 0.15) is 56.2 Å². The number of hydrogen-bond donors (Lipinski definition) is 2. The van der Waals surface area contributed by atoms with Crippen LogP contribution in [0.25, 0.3) is 0 Å². The zero-order valence-electron chi connectivity index (χ0n) is 11.8. The Hall–Kier alpha value is -1.58. The summed E-state index contributed by atoms with van der Waals surface area (Å²) in [6, 6.07) is 0. The van der Waals surface area contributed by atoms with E-state index in [0.29, 0.717) is 17.8 Å². The molecule has 0 saturated carbocycles. The van der Waals surface area contributed by atoms with Crippen molar-refractivity contribution in [2.24, 2.45) is 0 Å². The van der Waals surface area contributed by atoms with Crippen molar-refractivity contribution in [3.05, 3.63) is 27.0 Å². The molecule has 0 amide bonds. The van der Waals surface area contributed by atoms with Crippen LogP contribution in [0.2, 0.25) is 0 Å². The molecule has 0 fully saturated rings. The normalized spacial score (nSPS) is 14.2. The van der Waals surface area contributed by atoms with Gasteiger partial charge in [0, 0.05) is 17.8 Å². The summed E-state index contributed by atoms with van der Waals surface area (Å²) in [5.41, 5.74) is 2.44. The quantitative estimate of drug-likeness (QED) is 0.819. The molecule has 4 nitrogen and oxygen atoms in total. The SMILES string of the molecule is CCCCn1c(O)c2c(c(C(C)=N)c1=O)CCCC2. The monoisotopic (exact) mass is 262 g/mol. The number of pyridine rings is 1. The van der Waals surface area contributed by atoms with Gasteiger partial charge in [0.1, 0.15) is 0 Å². The first kappa shape index (κ1) is 13.8. The second-order valence-electron chi connectivity index (χ2n) is 5.30. The minimum atomic E-state index is -0.195. The lowest BCUT2D eigenvalue weighted by Crippen LogP contribution is -2.30. The molecule has 0 unspecified atom stereocenters. The van der Waals surface area contributed by atoms with Crippen LogP contribution in [-0.2, 0) is 19.4 Å². The van der Waals surface area contributed by atoms with Gasteiger partial charge in [-0.2, -0.15) is 0 Å². The topological polar surface area (TPSA) is 66.1 Å². The maximum absolute atomic E-state index is 12.5. The van der Waals surface area contributed by atoms with E-state index in [1.165, 1.54) is 4.57 Å². The highest BCUT2D eigenvalue weighted by atomic mass is 16.3. The Morgan fingerprint density at radius 2 is 1.95 bits per heavy atom. The summed E-state index contributed by atoms with van der Waals surface area (Å²) < 4.78 is 1.46. The van der Waals surface area contributed by atoms with Crippen LogP contribution >= 0.6 is 0 Å². The van der Waals surface area contributed by atoms with Gasteiger partial charge in [0.15, 0.2) is 5.88 Å². The third kappa shape index (κ3) is 2.44. The maximum Gasteiger partial charge on any atom is 0.262 e. The van der Waals surface area contributed by atoms with Gasteiger partial charge in [-0.15, -0.1) is 0 Å². The number of aromatic hydroxyl groups is 1. The lowest BCUT2D eigenvalue weighted by molar-refractivity contribution is 0.389. The third-order valence-corrected chi connectivity index (χ3v) is 3.86. The van der Waals surface area contributed by atoms with Crippen molar-refractivity contribution in [1.29, 1.82) is 5.41 Å². The number of nitrogens with zero attached hydrogens (tertiary/aromatic N) is 1. The number of aromatic nitrogens is 1. The van der Waals surface area contributed by atoms with Crippen molar-refractivity contribution in [3.8, 4) is 5.88 Å². The van der Waals surface area contributed by atoms with Crippen molar-refractivity contribution in [2.45, 2.75) is 58.9 Å². The molecule has 2 N–H and O–H groups in total. The summed E-state index contributed by atoms with van der Waals surface area (Å²) in [5.74, 6) is 0.137. The molecule has 0 radical (unpaired) electrons. The van der Waals surface area contributed by atoms with Gasteiger partial charge >= 0.3 is 0 Å². The summed E-state index contributed by atoms with van der Waals surface area (Å²) in [5, 5.41) is 18.2. The molecule has 2 rings (SSSR count). The fourth-order valence-electron chi connectivity index (χ4n) is 2.86. The molecule has 4 heteroatoms. The van der Waals surface area contributed by atoms with Crippen molar-refractivity contribution in [1.82, 2.24) is 4.57 Å². The zero-order valence-corrected chi connectivity index (χ0v) is 11.8. The van der Waals surface area contributed by atoms with Crippen molar-refractivity contribution >= 4 is 5.71 Å². The molecule has 1 heterocycles. The van der Waals surface area contributed by atoms with E-state index in [1.807, 2.05) is 0 Å². The highest BCUT2D eigenvalue weighted by Crippen LogP contribution is 2.30. The third-order valence-electron chi connectivity index (χ3n) is 3.86. The summed E-state index contributed by atoms with van der Waals surface area (Å²) in [6.45, 7) is 4.25. The Morgan fingerprint density at radius 3 is 2.53 bits per heavy atom. The number of hydrogen-bond acceptors (Lipinski definition) is 3. The lowest BCUT2D eigenvalue weighted by Gasteiger charge is -2.23. The zero-order chi connectivity index (χ0) is 14.0. The molecule has 0 saturated heterocycles. The van der Waals surface area contributed by atoms with Gasteiger partial charge in [0.2, 0.25) is 0 Å². The van der Waals surface area contributed by atoms with E-state index in [-0.39, 0.29) is 11.4 Å². The first-order valence-corrected chi connectivity index (χ1v) is 7.11. The van der Waals surface area contributed by atoms with Crippen LogP contribution < -0.4 is 5.56 Å². The Morgan fingerprint density at radius 1 is 1.32 bits per heavy atom. The molecule has 104 valence electrons. The minimum absolute atomic E-state index is 0.137. The number of rotatable bonds is 4. The molecular weight excluding hydrogens is 240 g/mol. The Labute approximate surface area is 113 Å². The van der Waals surface area contributed by atoms with Crippen LogP contribution in [0, 0.1) is 5.41 Å². The molecule has 1 aliphatic rings. The Balaban J connectivity index is 2.66. The van der Waals surface area contributed by atoms with E-state index in [4.69, 9.17) is 5.41 Å². The average Bonchev–Trinajstić information content (AvgIpc) is 2.38. The predicted octanol–water partition coefficient (Wildman–Crippen LogP) is 2.62. The Kier molecular flexibility index (Phi) is 4.08. The van der Waals surface area contributed by atoms with Crippen molar-refractivity contribution < 1.29 is 5.11 Å². The molecular formula is C15H22N2O2. The van der Waals surface area contributed by atoms with Crippen LogP contribution in [0.5, 0.6) is 5.88 Å². The standard InChI is InChI=1S/C15H22N2O2/c1-3-4-9-17-14(18)12-8-6-5-7-11(12)13(10(2)16)15(17)19/h16,18H,3-9H2,1-2H3. The minimum Gasteiger partial charge on any atom is -0.494 e. The van der Waals surface area contributed by atoms with Crippen molar-refractivity contribution in [3.63, 3.8) is 0 Å². The van der Waals surface area contributed by atoms with E-state index < -0.39 is 0 Å². The molecule has 0 aromatic carbocycles. The number of nitrogens with one attached hydrogen (secondary N) is 1. The summed E-state index contributed by atoms with van der Waals surface area (Å²) in [6.07, 6.45) is 5.53. The average molecular weight is 262 g/mol. The molecule has 0 aliphatic heterocycles. The fourth-order valence-corrected chi connectivity index (χ4v) is 2.86. The van der Waals surface area contributed by atoms with Crippen LogP contribution in [0.4, 0.5) is 0 Å². The highest BCUT2D eigenvalue weighted by molar-refractivity contribution is 5.97. The molecule has 0 atom stereocenters. The van der Waals surface area contributed by atoms with E-state index in [0.717, 1.165) is 49.7 Å². The van der Waals surface area contributed by atoms with E-state index in [1.54, 1.807) is 6.92 Å². The van der Waals surface area contributed by atoms with Crippen molar-refractivity contribution in [2.75, 3.05) is 0 Å². The summed E-state index contributed by atoms with van der Waals surface area (Å²) >= 11 is 0. The largest absolute Gasteiger partial charge is 0.494 e. The van der Waals surface area contributed by atoms with E-state index >= 15 is 0 Å². The smallest absolute Gasteiger partial charge is 0.262 e.